The largest absolute Gasteiger partial charge is 0.619 e. The van der Waals surface area contributed by atoms with Gasteiger partial charge in [-0.3, -0.25) is 9.69 Å². The molecule has 1 aromatic carbocycles. The highest BCUT2D eigenvalue weighted by Gasteiger charge is 2.31. The normalized spacial score (nSPS) is 13.9. The van der Waals surface area contributed by atoms with E-state index in [1.807, 2.05) is 18.2 Å². The highest BCUT2D eigenvalue weighted by atomic mass is 32.1. The molecule has 0 saturated carbocycles. The lowest BCUT2D eigenvalue weighted by atomic mass is 10.0. The molecule has 0 fully saturated rings. The zero-order valence-electron chi connectivity index (χ0n) is 20.1. The van der Waals surface area contributed by atoms with Crippen LogP contribution >= 0.6 is 11.3 Å². The number of ether oxygens (including phenoxy) is 2. The highest BCUT2D eigenvalue weighted by molar-refractivity contribution is 7.17. The summed E-state index contributed by atoms with van der Waals surface area (Å²) in [5.74, 6) is -1.78. The van der Waals surface area contributed by atoms with E-state index in [0.29, 0.717) is 28.3 Å². The van der Waals surface area contributed by atoms with E-state index in [-0.39, 0.29) is 12.2 Å². The summed E-state index contributed by atoms with van der Waals surface area (Å²) in [6.07, 6.45) is 1.87. The van der Waals surface area contributed by atoms with Crippen LogP contribution in [-0.4, -0.2) is 42.0 Å². The fraction of sp³-hybridized carbons (Fsp3) is 0.308. The lowest BCUT2D eigenvalue weighted by Gasteiger charge is -2.27. The van der Waals surface area contributed by atoms with Gasteiger partial charge in [0.2, 0.25) is 0 Å². The average Bonchev–Trinajstić information content (AvgIpc) is 3.22. The number of hydrogen-bond acceptors (Lipinski definition) is 8. The zero-order valence-corrected chi connectivity index (χ0v) is 20.9. The second kappa shape index (κ2) is 11.3. The van der Waals surface area contributed by atoms with E-state index in [1.54, 1.807) is 6.92 Å². The summed E-state index contributed by atoms with van der Waals surface area (Å²) < 4.78 is 11.1. The van der Waals surface area contributed by atoms with Crippen LogP contribution in [0.4, 0.5) is 5.00 Å². The molecule has 4 rings (SSSR count). The van der Waals surface area contributed by atoms with Gasteiger partial charge in [0.05, 0.1) is 17.7 Å². The molecule has 0 aliphatic carbocycles. The van der Waals surface area contributed by atoms with E-state index in [1.165, 1.54) is 48.4 Å². The summed E-state index contributed by atoms with van der Waals surface area (Å²) in [6.45, 7) is 5.60. The van der Waals surface area contributed by atoms with Gasteiger partial charge in [-0.1, -0.05) is 30.3 Å². The molecule has 0 spiro atoms. The molecule has 36 heavy (non-hydrogen) atoms. The number of aromatic nitrogens is 1. The molecule has 1 N–H and O–H groups in total. The van der Waals surface area contributed by atoms with Crippen molar-refractivity contribution in [2.45, 2.75) is 39.5 Å². The van der Waals surface area contributed by atoms with Crippen molar-refractivity contribution in [3.63, 3.8) is 0 Å². The standard InChI is InChI=1S/C26H27N3O6S/c1-3-34-26(32)22-20-11-12-28(15-18-7-5-4-6-8-18)16-21(20)36-24(22)27-23(30)17(2)35-25(31)19-9-13-29(33)14-10-19/h4-10,13-14,17H,3,11-12,15-16H2,1-2H3,(H,27,30). The first-order valence-corrected chi connectivity index (χ1v) is 12.5. The minimum absolute atomic E-state index is 0.152. The molecule has 0 bridgehead atoms. The van der Waals surface area contributed by atoms with E-state index in [9.17, 15) is 19.6 Å². The van der Waals surface area contributed by atoms with Crippen LogP contribution in [0.15, 0.2) is 54.9 Å². The van der Waals surface area contributed by atoms with Crippen molar-refractivity contribution in [1.82, 2.24) is 4.90 Å². The number of carbonyl (C=O) groups is 3. The number of benzene rings is 1. The van der Waals surface area contributed by atoms with E-state index in [2.05, 4.69) is 22.3 Å². The van der Waals surface area contributed by atoms with Crippen LogP contribution in [0.2, 0.25) is 0 Å². The molecule has 1 unspecified atom stereocenters. The van der Waals surface area contributed by atoms with E-state index >= 15 is 0 Å². The smallest absolute Gasteiger partial charge is 0.341 e. The SMILES string of the molecule is CCOC(=O)c1c(NC(=O)C(C)OC(=O)c2cc[n+]([O-])cc2)sc2c1CCN(Cc1ccccc1)C2. The Bertz CT molecular complexity index is 1240. The molecule has 1 aliphatic rings. The summed E-state index contributed by atoms with van der Waals surface area (Å²) in [4.78, 5) is 41.3. The predicted octanol–water partition coefficient (Wildman–Crippen LogP) is 3.30. The highest BCUT2D eigenvalue weighted by Crippen LogP contribution is 2.38. The Morgan fingerprint density at radius 1 is 1.14 bits per heavy atom. The summed E-state index contributed by atoms with van der Waals surface area (Å²) in [6, 6.07) is 12.8. The van der Waals surface area contributed by atoms with E-state index in [0.717, 1.165) is 23.5 Å². The monoisotopic (exact) mass is 509 g/mol. The number of nitrogens with zero attached hydrogens (tertiary/aromatic N) is 2. The van der Waals surface area contributed by atoms with Gasteiger partial charge in [-0.25, -0.2) is 9.59 Å². The molecule has 0 saturated heterocycles. The Kier molecular flexibility index (Phi) is 7.97. The number of thiophene rings is 1. The van der Waals surface area contributed by atoms with E-state index < -0.39 is 23.9 Å². The Morgan fingerprint density at radius 2 is 1.86 bits per heavy atom. The van der Waals surface area contributed by atoms with Gasteiger partial charge < -0.3 is 20.0 Å². The van der Waals surface area contributed by atoms with Crippen LogP contribution in [0, 0.1) is 5.21 Å². The molecule has 0 radical (unpaired) electrons. The molecule has 3 heterocycles. The first kappa shape index (κ1) is 25.3. The fourth-order valence-electron chi connectivity index (χ4n) is 3.98. The Morgan fingerprint density at radius 3 is 2.56 bits per heavy atom. The second-order valence-electron chi connectivity index (χ2n) is 8.36. The van der Waals surface area contributed by atoms with Gasteiger partial charge in [0, 0.05) is 36.6 Å². The Labute approximate surface area is 212 Å². The number of fused-ring (bicyclic) bond motifs is 1. The second-order valence-corrected chi connectivity index (χ2v) is 9.46. The quantitative estimate of drug-likeness (QED) is 0.282. The van der Waals surface area contributed by atoms with Gasteiger partial charge in [0.25, 0.3) is 5.91 Å². The van der Waals surface area contributed by atoms with Gasteiger partial charge in [0.1, 0.15) is 5.00 Å². The fourth-order valence-corrected chi connectivity index (χ4v) is 5.27. The van der Waals surface area contributed by atoms with Crippen molar-refractivity contribution in [3.05, 3.63) is 87.2 Å². The minimum Gasteiger partial charge on any atom is -0.619 e. The molecular weight excluding hydrogens is 482 g/mol. The van der Waals surface area contributed by atoms with Crippen molar-refractivity contribution in [2.75, 3.05) is 18.5 Å². The van der Waals surface area contributed by atoms with Crippen molar-refractivity contribution >= 4 is 34.2 Å². The third-order valence-electron chi connectivity index (χ3n) is 5.79. The van der Waals surface area contributed by atoms with Crippen LogP contribution in [0.1, 0.15) is 50.6 Å². The van der Waals surface area contributed by atoms with Crippen LogP contribution in [0.5, 0.6) is 0 Å². The minimum atomic E-state index is -1.12. The molecular formula is C26H27N3O6S. The lowest BCUT2D eigenvalue weighted by Crippen LogP contribution is -2.31. The third kappa shape index (κ3) is 5.89. The number of hydrogen-bond donors (Lipinski definition) is 1. The number of anilines is 1. The van der Waals surface area contributed by atoms with Crippen molar-refractivity contribution in [2.24, 2.45) is 0 Å². The van der Waals surface area contributed by atoms with Gasteiger partial charge in [-0.2, -0.15) is 4.73 Å². The topological polar surface area (TPSA) is 112 Å². The first-order chi connectivity index (χ1) is 17.4. The molecule has 2 aromatic heterocycles. The van der Waals surface area contributed by atoms with Crippen molar-refractivity contribution in [3.8, 4) is 0 Å². The Hall–Kier alpha value is -3.76. The van der Waals surface area contributed by atoms with E-state index in [4.69, 9.17) is 9.47 Å². The number of pyridine rings is 1. The molecule has 188 valence electrons. The molecule has 9 nitrogen and oxygen atoms in total. The summed E-state index contributed by atoms with van der Waals surface area (Å²) in [5.41, 5.74) is 2.61. The predicted molar refractivity (Wildman–Crippen MR) is 133 cm³/mol. The number of amides is 1. The molecule has 1 atom stereocenters. The van der Waals surface area contributed by atoms with Crippen molar-refractivity contribution in [1.29, 1.82) is 0 Å². The van der Waals surface area contributed by atoms with Crippen LogP contribution in [-0.2, 0) is 33.8 Å². The maximum atomic E-state index is 12.9. The number of rotatable bonds is 8. The maximum absolute atomic E-state index is 12.9. The average molecular weight is 510 g/mol. The van der Waals surface area contributed by atoms with Crippen LogP contribution < -0.4 is 10.0 Å². The van der Waals surface area contributed by atoms with Crippen LogP contribution in [0.25, 0.3) is 0 Å². The Balaban J connectivity index is 1.49. The van der Waals surface area contributed by atoms with Gasteiger partial charge in [-0.15, -0.1) is 11.3 Å². The summed E-state index contributed by atoms with van der Waals surface area (Å²) >= 11 is 1.34. The van der Waals surface area contributed by atoms with Gasteiger partial charge in [0.15, 0.2) is 18.5 Å². The molecule has 1 amide bonds. The van der Waals surface area contributed by atoms with Crippen LogP contribution in [0.3, 0.4) is 0 Å². The number of esters is 2. The number of nitrogens with one attached hydrogen (secondary N) is 1. The summed E-state index contributed by atoms with van der Waals surface area (Å²) in [5, 5.41) is 14.3. The summed E-state index contributed by atoms with van der Waals surface area (Å²) in [7, 11) is 0. The van der Waals surface area contributed by atoms with Gasteiger partial charge in [-0.05, 0) is 31.4 Å². The lowest BCUT2D eigenvalue weighted by molar-refractivity contribution is -0.605. The molecule has 3 aromatic rings. The maximum Gasteiger partial charge on any atom is 0.341 e. The molecule has 1 aliphatic heterocycles. The van der Waals surface area contributed by atoms with Gasteiger partial charge >= 0.3 is 11.9 Å². The molecule has 10 heteroatoms. The van der Waals surface area contributed by atoms with Crippen molar-refractivity contribution < 1.29 is 28.6 Å². The number of carbonyl (C=O) groups excluding carboxylic acids is 3. The zero-order chi connectivity index (χ0) is 25.7. The first-order valence-electron chi connectivity index (χ1n) is 11.6. The third-order valence-corrected chi connectivity index (χ3v) is 6.92.